The van der Waals surface area contributed by atoms with E-state index in [2.05, 4.69) is 4.74 Å². The number of nitrogens with one attached hydrogen (secondary N) is 1. The average Bonchev–Trinajstić information content (AvgIpc) is 2.21. The SMILES string of the molecule is CCOC(=O)C(=N)c1cc(F)ccc1C. The third-order valence-electron chi connectivity index (χ3n) is 1.95. The molecule has 0 aliphatic carbocycles. The standard InChI is InChI=1S/C11H12FNO2/c1-3-15-11(14)10(13)9-6-8(12)5-4-7(9)2/h4-6,13H,3H2,1-2H3. The Morgan fingerprint density at radius 2 is 2.20 bits per heavy atom. The highest BCUT2D eigenvalue weighted by Crippen LogP contribution is 2.11. The van der Waals surface area contributed by atoms with Crippen LogP contribution in [-0.2, 0) is 9.53 Å². The van der Waals surface area contributed by atoms with Crippen molar-refractivity contribution in [3.63, 3.8) is 0 Å². The minimum absolute atomic E-state index is 0.204. The van der Waals surface area contributed by atoms with Crippen LogP contribution in [0.3, 0.4) is 0 Å². The van der Waals surface area contributed by atoms with Gasteiger partial charge in [0.25, 0.3) is 0 Å². The molecule has 1 N–H and O–H groups in total. The summed E-state index contributed by atoms with van der Waals surface area (Å²) in [4.78, 5) is 11.2. The van der Waals surface area contributed by atoms with Gasteiger partial charge in [-0.25, -0.2) is 9.18 Å². The Morgan fingerprint density at radius 1 is 1.53 bits per heavy atom. The van der Waals surface area contributed by atoms with Crippen molar-refractivity contribution in [2.24, 2.45) is 0 Å². The molecule has 4 heteroatoms. The topological polar surface area (TPSA) is 50.2 Å². The van der Waals surface area contributed by atoms with Gasteiger partial charge in [-0.2, -0.15) is 0 Å². The molecule has 80 valence electrons. The molecule has 0 aliphatic rings. The fourth-order valence-electron chi connectivity index (χ4n) is 1.18. The summed E-state index contributed by atoms with van der Waals surface area (Å²) in [5.74, 6) is -1.20. The van der Waals surface area contributed by atoms with E-state index in [1.807, 2.05) is 0 Å². The Bertz CT molecular complexity index is 402. The predicted octanol–water partition coefficient (Wildman–Crippen LogP) is 2.07. The van der Waals surface area contributed by atoms with E-state index in [-0.39, 0.29) is 17.9 Å². The first-order valence-electron chi connectivity index (χ1n) is 4.58. The molecule has 0 aliphatic heterocycles. The van der Waals surface area contributed by atoms with Crippen molar-refractivity contribution in [3.8, 4) is 0 Å². The van der Waals surface area contributed by atoms with E-state index >= 15 is 0 Å². The van der Waals surface area contributed by atoms with Crippen molar-refractivity contribution in [2.45, 2.75) is 13.8 Å². The van der Waals surface area contributed by atoms with E-state index < -0.39 is 11.8 Å². The number of carbonyl (C=O) groups is 1. The summed E-state index contributed by atoms with van der Waals surface area (Å²) >= 11 is 0. The molecule has 1 aromatic rings. The van der Waals surface area contributed by atoms with Gasteiger partial charge in [0.05, 0.1) is 6.61 Å². The Labute approximate surface area is 87.4 Å². The van der Waals surface area contributed by atoms with Crippen molar-refractivity contribution in [3.05, 3.63) is 35.1 Å². The maximum atomic E-state index is 12.9. The molecule has 0 radical (unpaired) electrons. The van der Waals surface area contributed by atoms with Gasteiger partial charge < -0.3 is 4.74 Å². The maximum absolute atomic E-state index is 12.9. The summed E-state index contributed by atoms with van der Waals surface area (Å²) in [6.45, 7) is 3.57. The molecular formula is C11H12FNO2. The number of halogens is 1. The zero-order valence-electron chi connectivity index (χ0n) is 8.63. The van der Waals surface area contributed by atoms with Gasteiger partial charge in [-0.05, 0) is 31.5 Å². The lowest BCUT2D eigenvalue weighted by Crippen LogP contribution is -2.18. The van der Waals surface area contributed by atoms with E-state index in [0.29, 0.717) is 5.56 Å². The lowest BCUT2D eigenvalue weighted by atomic mass is 10.0. The van der Waals surface area contributed by atoms with Crippen LogP contribution < -0.4 is 0 Å². The van der Waals surface area contributed by atoms with Crippen LogP contribution in [0.25, 0.3) is 0 Å². The first-order chi connectivity index (χ1) is 7.06. The van der Waals surface area contributed by atoms with Crippen LogP contribution in [-0.4, -0.2) is 18.3 Å². The lowest BCUT2D eigenvalue weighted by molar-refractivity contribution is -0.135. The summed E-state index contributed by atoms with van der Waals surface area (Å²) in [5, 5.41) is 7.54. The number of hydrogen-bond donors (Lipinski definition) is 1. The second-order valence-electron chi connectivity index (χ2n) is 3.05. The Balaban J connectivity index is 3.00. The molecule has 1 rings (SSSR count). The summed E-state index contributed by atoms with van der Waals surface area (Å²) in [6.07, 6.45) is 0. The van der Waals surface area contributed by atoms with Gasteiger partial charge in [-0.1, -0.05) is 6.07 Å². The average molecular weight is 209 g/mol. The van der Waals surface area contributed by atoms with Crippen LogP contribution in [0.4, 0.5) is 4.39 Å². The molecule has 0 amide bonds. The number of hydrogen-bond acceptors (Lipinski definition) is 3. The van der Waals surface area contributed by atoms with E-state index in [0.717, 1.165) is 6.07 Å². The normalized spacial score (nSPS) is 9.80. The summed E-state index contributed by atoms with van der Waals surface area (Å²) < 4.78 is 17.6. The van der Waals surface area contributed by atoms with Crippen molar-refractivity contribution in [1.29, 1.82) is 5.41 Å². The third kappa shape index (κ3) is 2.62. The predicted molar refractivity (Wildman–Crippen MR) is 54.6 cm³/mol. The van der Waals surface area contributed by atoms with Gasteiger partial charge in [0.15, 0.2) is 0 Å². The number of rotatable bonds is 3. The van der Waals surface area contributed by atoms with Crippen molar-refractivity contribution in [2.75, 3.05) is 6.61 Å². The van der Waals surface area contributed by atoms with Gasteiger partial charge in [-0.3, -0.25) is 5.41 Å². The number of ether oxygens (including phenoxy) is 1. The Morgan fingerprint density at radius 3 is 2.80 bits per heavy atom. The molecule has 1 aromatic carbocycles. The zero-order chi connectivity index (χ0) is 11.4. The molecule has 0 heterocycles. The minimum Gasteiger partial charge on any atom is -0.461 e. The molecule has 0 unspecified atom stereocenters. The van der Waals surface area contributed by atoms with Gasteiger partial charge in [-0.15, -0.1) is 0 Å². The van der Waals surface area contributed by atoms with Gasteiger partial charge >= 0.3 is 5.97 Å². The number of esters is 1. The van der Waals surface area contributed by atoms with Crippen molar-refractivity contribution >= 4 is 11.7 Å². The largest absolute Gasteiger partial charge is 0.461 e. The molecule has 0 atom stereocenters. The number of carbonyl (C=O) groups excluding carboxylic acids is 1. The quantitative estimate of drug-likeness (QED) is 0.612. The number of benzene rings is 1. The second kappa shape index (κ2) is 4.68. The maximum Gasteiger partial charge on any atom is 0.356 e. The van der Waals surface area contributed by atoms with E-state index in [1.165, 1.54) is 12.1 Å². The van der Waals surface area contributed by atoms with E-state index in [4.69, 9.17) is 5.41 Å². The first kappa shape index (κ1) is 11.4. The fraction of sp³-hybridized carbons (Fsp3) is 0.273. The monoisotopic (exact) mass is 209 g/mol. The van der Waals surface area contributed by atoms with Gasteiger partial charge in [0, 0.05) is 5.56 Å². The van der Waals surface area contributed by atoms with E-state index in [9.17, 15) is 9.18 Å². The molecule has 0 bridgehead atoms. The molecule has 0 aromatic heterocycles. The molecule has 0 spiro atoms. The smallest absolute Gasteiger partial charge is 0.356 e. The molecular weight excluding hydrogens is 197 g/mol. The second-order valence-corrected chi connectivity index (χ2v) is 3.05. The lowest BCUT2D eigenvalue weighted by Gasteiger charge is -2.06. The van der Waals surface area contributed by atoms with Gasteiger partial charge in [0.2, 0.25) is 0 Å². The highest BCUT2D eigenvalue weighted by Gasteiger charge is 2.15. The van der Waals surface area contributed by atoms with Crippen LogP contribution in [0.2, 0.25) is 0 Å². The van der Waals surface area contributed by atoms with Crippen molar-refractivity contribution in [1.82, 2.24) is 0 Å². The highest BCUT2D eigenvalue weighted by molar-refractivity contribution is 6.42. The Hall–Kier alpha value is -1.71. The molecule has 3 nitrogen and oxygen atoms in total. The van der Waals surface area contributed by atoms with Crippen LogP contribution in [0, 0.1) is 18.2 Å². The van der Waals surface area contributed by atoms with Crippen molar-refractivity contribution < 1.29 is 13.9 Å². The summed E-state index contributed by atoms with van der Waals surface area (Å²) in [5.41, 5.74) is 0.636. The first-order valence-corrected chi connectivity index (χ1v) is 4.58. The summed E-state index contributed by atoms with van der Waals surface area (Å²) in [6, 6.07) is 3.98. The minimum atomic E-state index is -0.730. The van der Waals surface area contributed by atoms with Crippen LogP contribution in [0.5, 0.6) is 0 Å². The third-order valence-corrected chi connectivity index (χ3v) is 1.95. The van der Waals surface area contributed by atoms with Gasteiger partial charge in [0.1, 0.15) is 11.5 Å². The highest BCUT2D eigenvalue weighted by atomic mass is 19.1. The van der Waals surface area contributed by atoms with Crippen LogP contribution in [0.15, 0.2) is 18.2 Å². The fourth-order valence-corrected chi connectivity index (χ4v) is 1.18. The summed E-state index contributed by atoms with van der Waals surface area (Å²) in [7, 11) is 0. The molecule has 15 heavy (non-hydrogen) atoms. The molecule has 0 fully saturated rings. The van der Waals surface area contributed by atoms with Crippen LogP contribution in [0.1, 0.15) is 18.1 Å². The van der Waals surface area contributed by atoms with E-state index in [1.54, 1.807) is 13.8 Å². The molecule has 0 saturated heterocycles. The Kier molecular flexibility index (Phi) is 3.55. The number of aryl methyl sites for hydroxylation is 1. The zero-order valence-corrected chi connectivity index (χ0v) is 8.63. The molecule has 0 saturated carbocycles. The van der Waals surface area contributed by atoms with Crippen LogP contribution >= 0.6 is 0 Å².